The predicted molar refractivity (Wildman–Crippen MR) is 129 cm³/mol. The van der Waals surface area contributed by atoms with Crippen molar-refractivity contribution in [3.63, 3.8) is 0 Å². The number of imidazole rings is 1. The second-order valence-electron chi connectivity index (χ2n) is 7.91. The van der Waals surface area contributed by atoms with Gasteiger partial charge in [-0.05, 0) is 60.7 Å². The van der Waals surface area contributed by atoms with E-state index < -0.39 is 6.04 Å². The zero-order chi connectivity index (χ0) is 23.1. The molecule has 3 N–H and O–H groups in total. The smallest absolute Gasteiger partial charge is 0.251 e. The number of nitrogens with one attached hydrogen (secondary N) is 3. The number of hydrogen-bond donors (Lipinski definition) is 3. The molecule has 7 nitrogen and oxygen atoms in total. The van der Waals surface area contributed by atoms with Crippen LogP contribution in [0.25, 0.3) is 11.0 Å². The number of benzene rings is 2. The van der Waals surface area contributed by atoms with E-state index in [4.69, 9.17) is 4.74 Å². The van der Waals surface area contributed by atoms with Gasteiger partial charge in [0.2, 0.25) is 5.91 Å². The molecule has 8 heteroatoms. The first-order valence-corrected chi connectivity index (χ1v) is 12.0. The maximum Gasteiger partial charge on any atom is 0.251 e. The highest BCUT2D eigenvalue weighted by atomic mass is 32.2. The van der Waals surface area contributed by atoms with Crippen molar-refractivity contribution < 1.29 is 14.3 Å². The van der Waals surface area contributed by atoms with Crippen LogP contribution in [-0.2, 0) is 4.79 Å². The first-order valence-electron chi connectivity index (χ1n) is 10.6. The van der Waals surface area contributed by atoms with Crippen molar-refractivity contribution in [3.05, 3.63) is 59.9 Å². The monoisotopic (exact) mass is 454 g/mol. The summed E-state index contributed by atoms with van der Waals surface area (Å²) in [5, 5.41) is 5.99. The van der Waals surface area contributed by atoms with Gasteiger partial charge in [-0.25, -0.2) is 4.98 Å². The Morgan fingerprint density at radius 1 is 1.09 bits per heavy atom. The lowest BCUT2D eigenvalue weighted by Crippen LogP contribution is -2.50. The van der Waals surface area contributed by atoms with Crippen molar-refractivity contribution in [2.75, 3.05) is 19.1 Å². The van der Waals surface area contributed by atoms with Crippen LogP contribution >= 0.6 is 11.8 Å². The number of hydrogen-bond acceptors (Lipinski definition) is 5. The van der Waals surface area contributed by atoms with Crippen LogP contribution in [0.4, 0.5) is 0 Å². The summed E-state index contributed by atoms with van der Waals surface area (Å²) in [4.78, 5) is 34.0. The summed E-state index contributed by atoms with van der Waals surface area (Å²) in [6.07, 6.45) is 2.76. The summed E-state index contributed by atoms with van der Waals surface area (Å²) in [6.45, 7) is 3.83. The molecular formula is C24H30N4O3S. The fourth-order valence-electron chi connectivity index (χ4n) is 3.41. The summed E-state index contributed by atoms with van der Waals surface area (Å²) in [7, 11) is 1.57. The lowest BCUT2D eigenvalue weighted by Gasteiger charge is -2.25. The van der Waals surface area contributed by atoms with Gasteiger partial charge in [-0.15, -0.1) is 0 Å². The Balaban J connectivity index is 1.75. The number of para-hydroxylation sites is 2. The Kier molecular flexibility index (Phi) is 8.16. The number of ether oxygens (including phenoxy) is 1. The van der Waals surface area contributed by atoms with Gasteiger partial charge in [0, 0.05) is 5.56 Å². The van der Waals surface area contributed by atoms with Gasteiger partial charge in [0.1, 0.15) is 17.6 Å². The van der Waals surface area contributed by atoms with Crippen molar-refractivity contribution in [3.8, 4) is 5.75 Å². The summed E-state index contributed by atoms with van der Waals surface area (Å²) in [5.74, 6) is 1.64. The SMILES string of the molecule is COc1ccc(C(=O)NC(C(=O)NC(CCSC)c2nc3ccccc3[nH]2)C(C)C)cc1. The van der Waals surface area contributed by atoms with E-state index in [2.05, 4.69) is 20.6 Å². The molecule has 2 amide bonds. The van der Waals surface area contributed by atoms with Crippen LogP contribution in [0.2, 0.25) is 0 Å². The standard InChI is InChI=1S/C24H30N4O3S/c1-15(2)21(28-23(29)16-9-11-17(31-3)12-10-16)24(30)27-20(13-14-32-4)22-25-18-7-5-6-8-19(18)26-22/h5-12,15,20-21H,13-14H2,1-4H3,(H,25,26)(H,27,30)(H,28,29). The van der Waals surface area contributed by atoms with Crippen molar-refractivity contribution in [1.82, 2.24) is 20.6 Å². The lowest BCUT2D eigenvalue weighted by molar-refractivity contribution is -0.124. The number of carbonyl (C=O) groups is 2. The minimum absolute atomic E-state index is 0.0888. The molecule has 0 bridgehead atoms. The number of carbonyl (C=O) groups excluding carboxylic acids is 2. The van der Waals surface area contributed by atoms with Gasteiger partial charge >= 0.3 is 0 Å². The topological polar surface area (TPSA) is 96.1 Å². The number of amides is 2. The third-order valence-corrected chi connectivity index (χ3v) is 5.90. The predicted octanol–water partition coefficient (Wildman–Crippen LogP) is 3.94. The number of thioether (sulfide) groups is 1. The zero-order valence-electron chi connectivity index (χ0n) is 18.8. The molecule has 1 aromatic heterocycles. The summed E-state index contributed by atoms with van der Waals surface area (Å²) in [6, 6.07) is 13.6. The molecular weight excluding hydrogens is 424 g/mol. The van der Waals surface area contributed by atoms with Gasteiger partial charge in [0.25, 0.3) is 5.91 Å². The van der Waals surface area contributed by atoms with Crippen LogP contribution in [-0.4, -0.2) is 46.9 Å². The molecule has 2 aromatic carbocycles. The van der Waals surface area contributed by atoms with Gasteiger partial charge in [0.05, 0.1) is 24.2 Å². The van der Waals surface area contributed by atoms with Crippen LogP contribution in [0.1, 0.15) is 42.5 Å². The Bertz CT molecular complexity index is 1020. The fourth-order valence-corrected chi connectivity index (χ4v) is 3.89. The highest BCUT2D eigenvalue weighted by Crippen LogP contribution is 2.21. The maximum absolute atomic E-state index is 13.2. The highest BCUT2D eigenvalue weighted by Gasteiger charge is 2.28. The third-order valence-electron chi connectivity index (χ3n) is 5.25. The molecule has 0 aliphatic heterocycles. The maximum atomic E-state index is 13.2. The average molecular weight is 455 g/mol. The number of aromatic nitrogens is 2. The summed E-state index contributed by atoms with van der Waals surface area (Å²) in [5.41, 5.74) is 2.26. The molecule has 2 atom stereocenters. The van der Waals surface area contributed by atoms with E-state index >= 15 is 0 Å². The van der Waals surface area contributed by atoms with Gasteiger partial charge in [0.15, 0.2) is 0 Å². The Labute approximate surface area is 192 Å². The quantitative estimate of drug-likeness (QED) is 0.431. The van der Waals surface area contributed by atoms with E-state index in [0.717, 1.165) is 29.0 Å². The minimum Gasteiger partial charge on any atom is -0.497 e. The molecule has 1 heterocycles. The molecule has 32 heavy (non-hydrogen) atoms. The highest BCUT2D eigenvalue weighted by molar-refractivity contribution is 7.98. The minimum atomic E-state index is -0.675. The molecule has 0 aliphatic rings. The van der Waals surface area contributed by atoms with Gasteiger partial charge in [-0.2, -0.15) is 11.8 Å². The van der Waals surface area contributed by atoms with E-state index in [1.54, 1.807) is 43.1 Å². The first-order chi connectivity index (χ1) is 15.4. The molecule has 0 saturated heterocycles. The molecule has 170 valence electrons. The average Bonchev–Trinajstić information content (AvgIpc) is 3.24. The van der Waals surface area contributed by atoms with E-state index in [9.17, 15) is 9.59 Å². The zero-order valence-corrected chi connectivity index (χ0v) is 19.7. The van der Waals surface area contributed by atoms with Gasteiger partial charge in [-0.1, -0.05) is 26.0 Å². The molecule has 0 saturated carbocycles. The van der Waals surface area contributed by atoms with Crippen molar-refractivity contribution in [2.45, 2.75) is 32.4 Å². The van der Waals surface area contributed by atoms with Crippen molar-refractivity contribution in [1.29, 1.82) is 0 Å². The van der Waals surface area contributed by atoms with Crippen LogP contribution in [0.15, 0.2) is 48.5 Å². The number of methoxy groups -OCH3 is 1. The number of fused-ring (bicyclic) bond motifs is 1. The molecule has 3 rings (SSSR count). The van der Waals surface area contributed by atoms with E-state index in [0.29, 0.717) is 11.3 Å². The fraction of sp³-hybridized carbons (Fsp3) is 0.375. The van der Waals surface area contributed by atoms with E-state index in [1.807, 2.05) is 44.4 Å². The summed E-state index contributed by atoms with van der Waals surface area (Å²) >= 11 is 1.71. The van der Waals surface area contributed by atoms with Gasteiger partial charge < -0.3 is 20.4 Å². The molecule has 0 fully saturated rings. The Morgan fingerprint density at radius 2 is 1.81 bits per heavy atom. The molecule has 3 aromatic rings. The van der Waals surface area contributed by atoms with Crippen LogP contribution < -0.4 is 15.4 Å². The van der Waals surface area contributed by atoms with Crippen molar-refractivity contribution >= 4 is 34.6 Å². The van der Waals surface area contributed by atoms with Crippen LogP contribution in [0.5, 0.6) is 5.75 Å². The Morgan fingerprint density at radius 3 is 2.44 bits per heavy atom. The lowest BCUT2D eigenvalue weighted by atomic mass is 10.0. The second-order valence-corrected chi connectivity index (χ2v) is 8.89. The number of aromatic amines is 1. The van der Waals surface area contributed by atoms with Gasteiger partial charge in [-0.3, -0.25) is 9.59 Å². The van der Waals surface area contributed by atoms with Crippen LogP contribution in [0.3, 0.4) is 0 Å². The largest absolute Gasteiger partial charge is 0.497 e. The van der Waals surface area contributed by atoms with E-state index in [-0.39, 0.29) is 23.8 Å². The van der Waals surface area contributed by atoms with Crippen molar-refractivity contribution in [2.24, 2.45) is 5.92 Å². The van der Waals surface area contributed by atoms with Crippen LogP contribution in [0, 0.1) is 5.92 Å². The first kappa shape index (κ1) is 23.7. The molecule has 0 spiro atoms. The number of nitrogens with zero attached hydrogens (tertiary/aromatic N) is 1. The van der Waals surface area contributed by atoms with E-state index in [1.165, 1.54) is 0 Å². The molecule has 0 aliphatic carbocycles. The number of rotatable bonds is 10. The third kappa shape index (κ3) is 5.82. The number of H-pyrrole nitrogens is 1. The molecule has 0 radical (unpaired) electrons. The second kappa shape index (κ2) is 11.0. The molecule has 2 unspecified atom stereocenters. The Hall–Kier alpha value is -3.00. The summed E-state index contributed by atoms with van der Waals surface area (Å²) < 4.78 is 5.14. The normalized spacial score (nSPS) is 13.0.